The fourth-order valence-corrected chi connectivity index (χ4v) is 1.37. The van der Waals surface area contributed by atoms with E-state index in [9.17, 15) is 0 Å². The van der Waals surface area contributed by atoms with E-state index < -0.39 is 0 Å². The molecule has 0 amide bonds. The molecule has 0 saturated heterocycles. The largest absolute Gasteiger partial charge is 0.419 e. The first-order valence-electron chi connectivity index (χ1n) is 2.92. The maximum Gasteiger partial charge on any atom is 0.286 e. The van der Waals surface area contributed by atoms with Gasteiger partial charge in [0.2, 0.25) is 0 Å². The lowest BCUT2D eigenvalue weighted by Crippen LogP contribution is -1.90. The van der Waals surface area contributed by atoms with Crippen molar-refractivity contribution < 1.29 is 4.74 Å². The second-order valence-electron chi connectivity index (χ2n) is 1.87. The van der Waals surface area contributed by atoms with E-state index in [1.54, 1.807) is 17.6 Å². The first kappa shape index (κ1) is 7.10. The van der Waals surface area contributed by atoms with Crippen molar-refractivity contribution >= 4 is 11.3 Å². The molecule has 2 nitrogen and oxygen atoms in total. The van der Waals surface area contributed by atoms with E-state index in [4.69, 9.17) is 10.00 Å². The first-order valence-corrected chi connectivity index (χ1v) is 3.80. The number of nitriles is 1. The maximum atomic E-state index is 8.17. The molecule has 0 saturated carbocycles. The molecule has 0 aromatic carbocycles. The summed E-state index contributed by atoms with van der Waals surface area (Å²) < 4.78 is 4.70. The Bertz CT molecular complexity index is 224. The van der Waals surface area contributed by atoms with Gasteiger partial charge in [-0.25, -0.2) is 0 Å². The molecule has 0 aliphatic carbocycles. The molecule has 0 fully saturated rings. The van der Waals surface area contributed by atoms with Crippen LogP contribution in [0.2, 0.25) is 0 Å². The molecule has 0 spiro atoms. The highest BCUT2D eigenvalue weighted by molar-refractivity contribution is 7.10. The fraction of sp³-hybridized carbons (Fsp3) is 0.286. The lowest BCUT2D eigenvalue weighted by molar-refractivity contribution is 0.186. The number of hydrogen-bond acceptors (Lipinski definition) is 3. The molecule has 52 valence electrons. The van der Waals surface area contributed by atoms with Gasteiger partial charge in [0.1, 0.15) is 6.10 Å². The van der Waals surface area contributed by atoms with Crippen molar-refractivity contribution in [2.45, 2.75) is 13.0 Å². The molecule has 0 aliphatic rings. The van der Waals surface area contributed by atoms with E-state index in [1.807, 2.05) is 24.4 Å². The molecule has 1 rings (SSSR count). The van der Waals surface area contributed by atoms with Crippen molar-refractivity contribution in [3.63, 3.8) is 0 Å². The van der Waals surface area contributed by atoms with Crippen LogP contribution in [0, 0.1) is 11.5 Å². The zero-order valence-corrected chi connectivity index (χ0v) is 6.39. The highest BCUT2D eigenvalue weighted by Gasteiger charge is 2.04. The second-order valence-corrected chi connectivity index (χ2v) is 2.85. The molecule has 1 atom stereocenters. The lowest BCUT2D eigenvalue weighted by atomic mass is 10.3. The summed E-state index contributed by atoms with van der Waals surface area (Å²) in [6, 6.07) is 3.89. The Kier molecular flexibility index (Phi) is 2.30. The van der Waals surface area contributed by atoms with Crippen LogP contribution >= 0.6 is 11.3 Å². The van der Waals surface area contributed by atoms with Gasteiger partial charge in [-0.15, -0.1) is 11.3 Å². The van der Waals surface area contributed by atoms with Crippen LogP contribution in [0.1, 0.15) is 17.9 Å². The van der Waals surface area contributed by atoms with E-state index in [-0.39, 0.29) is 6.10 Å². The van der Waals surface area contributed by atoms with Crippen molar-refractivity contribution in [3.05, 3.63) is 22.4 Å². The number of thiophene rings is 1. The molecule has 0 N–H and O–H groups in total. The predicted octanol–water partition coefficient (Wildman–Crippen LogP) is 2.31. The Morgan fingerprint density at radius 2 is 2.60 bits per heavy atom. The summed E-state index contributed by atoms with van der Waals surface area (Å²) in [5, 5.41) is 10.1. The third-order valence-electron chi connectivity index (χ3n) is 1.17. The third kappa shape index (κ3) is 1.49. The minimum atomic E-state index is -0.0926. The highest BCUT2D eigenvalue weighted by atomic mass is 32.1. The summed E-state index contributed by atoms with van der Waals surface area (Å²) in [5.74, 6) is 0. The van der Waals surface area contributed by atoms with Crippen LogP contribution in [0.3, 0.4) is 0 Å². The molecule has 1 unspecified atom stereocenters. The molecular formula is C7H7NOS. The molecule has 0 bridgehead atoms. The Hall–Kier alpha value is -1.01. The van der Waals surface area contributed by atoms with Crippen LogP contribution in [0.15, 0.2) is 17.5 Å². The van der Waals surface area contributed by atoms with E-state index >= 15 is 0 Å². The van der Waals surface area contributed by atoms with E-state index in [0.717, 1.165) is 4.88 Å². The van der Waals surface area contributed by atoms with Gasteiger partial charge in [0.15, 0.2) is 0 Å². The van der Waals surface area contributed by atoms with E-state index in [0.29, 0.717) is 0 Å². The van der Waals surface area contributed by atoms with Gasteiger partial charge in [0.05, 0.1) is 0 Å². The Labute approximate surface area is 63.7 Å². The van der Waals surface area contributed by atoms with Gasteiger partial charge >= 0.3 is 0 Å². The van der Waals surface area contributed by atoms with E-state index in [2.05, 4.69) is 0 Å². The standard InChI is InChI=1S/C7H7NOS/c1-6(9-5-8)7-3-2-4-10-7/h2-4,6H,1H3. The maximum absolute atomic E-state index is 8.17. The van der Waals surface area contributed by atoms with Gasteiger partial charge in [0, 0.05) is 4.88 Å². The van der Waals surface area contributed by atoms with E-state index in [1.165, 1.54) is 0 Å². The van der Waals surface area contributed by atoms with Crippen molar-refractivity contribution in [3.8, 4) is 6.26 Å². The smallest absolute Gasteiger partial charge is 0.286 e. The Morgan fingerprint density at radius 1 is 1.80 bits per heavy atom. The summed E-state index contributed by atoms with van der Waals surface area (Å²) in [6.07, 6.45) is 1.57. The third-order valence-corrected chi connectivity index (χ3v) is 2.21. The average molecular weight is 153 g/mol. The van der Waals surface area contributed by atoms with Crippen LogP contribution in [0.25, 0.3) is 0 Å². The van der Waals surface area contributed by atoms with Gasteiger partial charge in [-0.2, -0.15) is 5.26 Å². The summed E-state index contributed by atoms with van der Waals surface area (Å²) in [6.45, 7) is 1.86. The molecule has 1 aromatic rings. The minimum Gasteiger partial charge on any atom is -0.419 e. The van der Waals surface area contributed by atoms with Crippen LogP contribution in [0.5, 0.6) is 0 Å². The Balaban J connectivity index is 2.61. The molecular weight excluding hydrogens is 146 g/mol. The number of hydrogen-bond donors (Lipinski definition) is 0. The average Bonchev–Trinajstić information content (AvgIpc) is 2.38. The van der Waals surface area contributed by atoms with Crippen LogP contribution in [-0.2, 0) is 4.74 Å². The predicted molar refractivity (Wildman–Crippen MR) is 39.4 cm³/mol. The van der Waals surface area contributed by atoms with Crippen molar-refractivity contribution in [1.82, 2.24) is 0 Å². The van der Waals surface area contributed by atoms with Crippen LogP contribution in [-0.4, -0.2) is 0 Å². The molecule has 0 aliphatic heterocycles. The van der Waals surface area contributed by atoms with Crippen molar-refractivity contribution in [1.29, 1.82) is 5.26 Å². The molecule has 0 radical (unpaired) electrons. The SMILES string of the molecule is CC(OC#N)c1cccs1. The summed E-state index contributed by atoms with van der Waals surface area (Å²) in [5.41, 5.74) is 0. The topological polar surface area (TPSA) is 33.0 Å². The summed E-state index contributed by atoms with van der Waals surface area (Å²) in [7, 11) is 0. The van der Waals surface area contributed by atoms with Gasteiger partial charge in [-0.3, -0.25) is 0 Å². The molecule has 3 heteroatoms. The van der Waals surface area contributed by atoms with Gasteiger partial charge in [0.25, 0.3) is 6.26 Å². The molecule has 10 heavy (non-hydrogen) atoms. The number of rotatable bonds is 2. The zero-order chi connectivity index (χ0) is 7.40. The fourth-order valence-electron chi connectivity index (χ4n) is 0.660. The normalized spacial score (nSPS) is 12.0. The second kappa shape index (κ2) is 3.23. The molecule has 1 aromatic heterocycles. The van der Waals surface area contributed by atoms with Crippen molar-refractivity contribution in [2.24, 2.45) is 0 Å². The number of nitrogens with zero attached hydrogens (tertiary/aromatic N) is 1. The van der Waals surface area contributed by atoms with Crippen LogP contribution < -0.4 is 0 Å². The highest BCUT2D eigenvalue weighted by Crippen LogP contribution is 2.20. The number of ether oxygens (including phenoxy) is 1. The Morgan fingerprint density at radius 3 is 3.10 bits per heavy atom. The van der Waals surface area contributed by atoms with Gasteiger partial charge in [-0.1, -0.05) is 6.07 Å². The summed E-state index contributed by atoms with van der Waals surface area (Å²) in [4.78, 5) is 1.08. The van der Waals surface area contributed by atoms with Crippen LogP contribution in [0.4, 0.5) is 0 Å². The quantitative estimate of drug-likeness (QED) is 0.611. The monoisotopic (exact) mass is 153 g/mol. The minimum absolute atomic E-state index is 0.0926. The molecule has 1 heterocycles. The van der Waals surface area contributed by atoms with Gasteiger partial charge in [-0.05, 0) is 18.4 Å². The summed E-state index contributed by atoms with van der Waals surface area (Å²) >= 11 is 1.59. The first-order chi connectivity index (χ1) is 4.84. The van der Waals surface area contributed by atoms with Gasteiger partial charge < -0.3 is 4.74 Å². The van der Waals surface area contributed by atoms with Crippen molar-refractivity contribution in [2.75, 3.05) is 0 Å². The zero-order valence-electron chi connectivity index (χ0n) is 5.57. The lowest BCUT2D eigenvalue weighted by Gasteiger charge is -2.02.